The number of ether oxygens (including phenoxy) is 1. The first-order valence-corrected chi connectivity index (χ1v) is 6.38. The third-order valence-corrected chi connectivity index (χ3v) is 3.40. The number of rotatable bonds is 4. The van der Waals surface area contributed by atoms with Gasteiger partial charge in [-0.2, -0.15) is 0 Å². The minimum Gasteiger partial charge on any atom is -0.497 e. The fourth-order valence-electron chi connectivity index (χ4n) is 2.25. The molecule has 1 atom stereocenters. The molecule has 18 heavy (non-hydrogen) atoms. The summed E-state index contributed by atoms with van der Waals surface area (Å²) >= 11 is 0. The van der Waals surface area contributed by atoms with Crippen molar-refractivity contribution in [3.8, 4) is 5.75 Å². The smallest absolute Gasteiger partial charge is 0.224 e. The third kappa shape index (κ3) is 3.01. The van der Waals surface area contributed by atoms with E-state index in [1.807, 2.05) is 29.2 Å². The van der Waals surface area contributed by atoms with E-state index in [1.54, 1.807) is 7.11 Å². The number of hydrogen-bond donors (Lipinski definition) is 1. The zero-order chi connectivity index (χ0) is 13.0. The second-order valence-corrected chi connectivity index (χ2v) is 4.67. The first-order valence-electron chi connectivity index (χ1n) is 6.38. The molecule has 1 aromatic carbocycles. The van der Waals surface area contributed by atoms with Crippen molar-refractivity contribution in [3.63, 3.8) is 0 Å². The number of likely N-dealkylation sites (tertiary alicyclic amines) is 1. The van der Waals surface area contributed by atoms with E-state index in [-0.39, 0.29) is 11.9 Å². The van der Waals surface area contributed by atoms with Gasteiger partial charge in [-0.3, -0.25) is 4.79 Å². The van der Waals surface area contributed by atoms with E-state index in [0.717, 1.165) is 37.2 Å². The van der Waals surface area contributed by atoms with Gasteiger partial charge in [-0.25, -0.2) is 0 Å². The lowest BCUT2D eigenvalue weighted by atomic mass is 10.0. The molecular formula is C14H20N2O2. The Bertz CT molecular complexity index is 397. The minimum absolute atomic E-state index is 0.163. The van der Waals surface area contributed by atoms with Gasteiger partial charge in [-0.15, -0.1) is 0 Å². The Labute approximate surface area is 108 Å². The summed E-state index contributed by atoms with van der Waals surface area (Å²) in [5, 5.41) is 0. The number of methoxy groups -OCH3 is 1. The fourth-order valence-corrected chi connectivity index (χ4v) is 2.25. The van der Waals surface area contributed by atoms with Crippen LogP contribution < -0.4 is 10.5 Å². The van der Waals surface area contributed by atoms with E-state index in [2.05, 4.69) is 0 Å². The maximum Gasteiger partial charge on any atom is 0.224 e. The van der Waals surface area contributed by atoms with Gasteiger partial charge in [0.25, 0.3) is 0 Å². The van der Waals surface area contributed by atoms with E-state index in [0.29, 0.717) is 6.42 Å². The lowest BCUT2D eigenvalue weighted by Crippen LogP contribution is -2.30. The maximum absolute atomic E-state index is 12.0. The van der Waals surface area contributed by atoms with Crippen LogP contribution in [0, 0.1) is 0 Å². The van der Waals surface area contributed by atoms with Crippen LogP contribution in [0.25, 0.3) is 0 Å². The Morgan fingerprint density at radius 2 is 1.94 bits per heavy atom. The molecule has 98 valence electrons. The molecule has 1 unspecified atom stereocenters. The maximum atomic E-state index is 12.0. The SMILES string of the molecule is COc1ccc(C(N)CC(=O)N2CCCC2)cc1. The van der Waals surface area contributed by atoms with Gasteiger partial charge in [0.2, 0.25) is 5.91 Å². The molecule has 1 aliphatic heterocycles. The van der Waals surface area contributed by atoms with E-state index in [9.17, 15) is 4.79 Å². The lowest BCUT2D eigenvalue weighted by molar-refractivity contribution is -0.130. The summed E-state index contributed by atoms with van der Waals surface area (Å²) < 4.78 is 5.10. The number of benzene rings is 1. The van der Waals surface area contributed by atoms with E-state index in [4.69, 9.17) is 10.5 Å². The first kappa shape index (κ1) is 12.9. The summed E-state index contributed by atoms with van der Waals surface area (Å²) in [6, 6.07) is 7.34. The van der Waals surface area contributed by atoms with Gasteiger partial charge in [0.1, 0.15) is 5.75 Å². The fraction of sp³-hybridized carbons (Fsp3) is 0.500. The van der Waals surface area contributed by atoms with Gasteiger partial charge in [0.05, 0.1) is 7.11 Å². The van der Waals surface area contributed by atoms with E-state index < -0.39 is 0 Å². The molecular weight excluding hydrogens is 228 g/mol. The molecule has 0 bridgehead atoms. The number of nitrogens with two attached hydrogens (primary N) is 1. The van der Waals surface area contributed by atoms with Crippen LogP contribution in [0.5, 0.6) is 5.75 Å². The molecule has 1 saturated heterocycles. The highest BCUT2D eigenvalue weighted by molar-refractivity contribution is 5.77. The predicted molar refractivity (Wildman–Crippen MR) is 70.4 cm³/mol. The summed E-state index contributed by atoms with van der Waals surface area (Å²) in [5.41, 5.74) is 7.04. The Hall–Kier alpha value is -1.55. The highest BCUT2D eigenvalue weighted by Gasteiger charge is 2.20. The minimum atomic E-state index is -0.232. The first-order chi connectivity index (χ1) is 8.70. The summed E-state index contributed by atoms with van der Waals surface area (Å²) in [6.07, 6.45) is 2.61. The zero-order valence-corrected chi connectivity index (χ0v) is 10.8. The Morgan fingerprint density at radius 3 is 2.50 bits per heavy atom. The zero-order valence-electron chi connectivity index (χ0n) is 10.8. The number of hydrogen-bond acceptors (Lipinski definition) is 3. The Morgan fingerprint density at radius 1 is 1.33 bits per heavy atom. The number of carbonyl (C=O) groups excluding carboxylic acids is 1. The molecule has 2 N–H and O–H groups in total. The standard InChI is InChI=1S/C14H20N2O2/c1-18-12-6-4-11(5-7-12)13(15)10-14(17)16-8-2-3-9-16/h4-7,13H,2-3,8-10,15H2,1H3. The Balaban J connectivity index is 1.93. The van der Waals surface area contributed by atoms with Crippen LogP contribution >= 0.6 is 0 Å². The van der Waals surface area contributed by atoms with Crippen LogP contribution in [0.2, 0.25) is 0 Å². The molecule has 2 rings (SSSR count). The van der Waals surface area contributed by atoms with Crippen LogP contribution in [0.1, 0.15) is 30.9 Å². The van der Waals surface area contributed by atoms with Crippen LogP contribution in [-0.4, -0.2) is 31.0 Å². The Kier molecular flexibility index (Phi) is 4.20. The van der Waals surface area contributed by atoms with Crippen molar-refractivity contribution < 1.29 is 9.53 Å². The summed E-state index contributed by atoms with van der Waals surface area (Å²) in [5.74, 6) is 0.965. The molecule has 1 amide bonds. The summed E-state index contributed by atoms with van der Waals surface area (Å²) in [6.45, 7) is 1.77. The van der Waals surface area contributed by atoms with Gasteiger partial charge < -0.3 is 15.4 Å². The molecule has 4 nitrogen and oxygen atoms in total. The van der Waals surface area contributed by atoms with Crippen molar-refractivity contribution in [1.82, 2.24) is 4.90 Å². The topological polar surface area (TPSA) is 55.6 Å². The highest BCUT2D eigenvalue weighted by Crippen LogP contribution is 2.20. The molecule has 1 aliphatic rings. The van der Waals surface area contributed by atoms with E-state index >= 15 is 0 Å². The monoisotopic (exact) mass is 248 g/mol. The molecule has 1 heterocycles. The molecule has 0 aliphatic carbocycles. The average Bonchev–Trinajstić information content (AvgIpc) is 2.92. The normalized spacial score (nSPS) is 16.7. The molecule has 0 saturated carbocycles. The van der Waals surface area contributed by atoms with Gasteiger partial charge in [-0.05, 0) is 30.5 Å². The highest BCUT2D eigenvalue weighted by atomic mass is 16.5. The quantitative estimate of drug-likeness (QED) is 0.882. The van der Waals surface area contributed by atoms with E-state index in [1.165, 1.54) is 0 Å². The number of nitrogens with zero attached hydrogens (tertiary/aromatic N) is 1. The van der Waals surface area contributed by atoms with Crippen molar-refractivity contribution >= 4 is 5.91 Å². The number of carbonyl (C=O) groups is 1. The number of amides is 1. The van der Waals surface area contributed by atoms with Gasteiger partial charge in [0.15, 0.2) is 0 Å². The molecule has 0 spiro atoms. The summed E-state index contributed by atoms with van der Waals surface area (Å²) in [4.78, 5) is 13.9. The average molecular weight is 248 g/mol. The van der Waals surface area contributed by atoms with Crippen molar-refractivity contribution in [1.29, 1.82) is 0 Å². The molecule has 4 heteroatoms. The van der Waals surface area contributed by atoms with Crippen LogP contribution in [0.15, 0.2) is 24.3 Å². The van der Waals surface area contributed by atoms with Crippen molar-refractivity contribution in [2.45, 2.75) is 25.3 Å². The second kappa shape index (κ2) is 5.87. The van der Waals surface area contributed by atoms with Crippen molar-refractivity contribution in [3.05, 3.63) is 29.8 Å². The van der Waals surface area contributed by atoms with Gasteiger partial charge >= 0.3 is 0 Å². The van der Waals surface area contributed by atoms with Crippen LogP contribution in [-0.2, 0) is 4.79 Å². The van der Waals surface area contributed by atoms with Gasteiger partial charge in [0, 0.05) is 25.6 Å². The van der Waals surface area contributed by atoms with Crippen LogP contribution in [0.3, 0.4) is 0 Å². The molecule has 1 aromatic rings. The lowest BCUT2D eigenvalue weighted by Gasteiger charge is -2.18. The van der Waals surface area contributed by atoms with Crippen molar-refractivity contribution in [2.75, 3.05) is 20.2 Å². The van der Waals surface area contributed by atoms with Crippen molar-refractivity contribution in [2.24, 2.45) is 5.73 Å². The molecule has 1 fully saturated rings. The van der Waals surface area contributed by atoms with Gasteiger partial charge in [-0.1, -0.05) is 12.1 Å². The second-order valence-electron chi connectivity index (χ2n) is 4.67. The largest absolute Gasteiger partial charge is 0.497 e. The summed E-state index contributed by atoms with van der Waals surface area (Å²) in [7, 11) is 1.63. The molecule has 0 radical (unpaired) electrons. The third-order valence-electron chi connectivity index (χ3n) is 3.40. The predicted octanol–water partition coefficient (Wildman–Crippen LogP) is 1.71. The van der Waals surface area contributed by atoms with Crippen LogP contribution in [0.4, 0.5) is 0 Å². The molecule has 0 aromatic heterocycles.